The third-order valence-corrected chi connectivity index (χ3v) is 5.21. The number of benzene rings is 3. The number of fused-ring (bicyclic) bond motifs is 3. The summed E-state index contributed by atoms with van der Waals surface area (Å²) in [4.78, 5) is 0. The lowest BCUT2D eigenvalue weighted by Gasteiger charge is -2.07. The van der Waals surface area contributed by atoms with Crippen LogP contribution in [-0.2, 0) is 11.3 Å². The summed E-state index contributed by atoms with van der Waals surface area (Å²) in [6.07, 6.45) is 0. The molecule has 0 unspecified atom stereocenters. The van der Waals surface area contributed by atoms with Crippen LogP contribution in [0.15, 0.2) is 66.7 Å². The maximum Gasteiger partial charge on any atom is 0.186 e. The lowest BCUT2D eigenvalue weighted by molar-refractivity contribution is 0.181. The van der Waals surface area contributed by atoms with Gasteiger partial charge in [-0.2, -0.15) is 5.10 Å². The highest BCUT2D eigenvalue weighted by atomic mass is 35.5. The zero-order valence-electron chi connectivity index (χ0n) is 16.1. The Morgan fingerprint density at radius 3 is 2.50 bits per heavy atom. The zero-order valence-corrected chi connectivity index (χ0v) is 16.8. The van der Waals surface area contributed by atoms with E-state index in [1.807, 2.05) is 60.7 Å². The number of aromatic nitrogens is 4. The van der Waals surface area contributed by atoms with Crippen LogP contribution in [0.2, 0.25) is 5.02 Å². The van der Waals surface area contributed by atoms with E-state index in [-0.39, 0.29) is 5.75 Å². The molecule has 0 aliphatic heterocycles. The molecule has 6 nitrogen and oxygen atoms in total. The van der Waals surface area contributed by atoms with Gasteiger partial charge in [-0.3, -0.25) is 0 Å². The van der Waals surface area contributed by atoms with Gasteiger partial charge < -0.3 is 9.84 Å². The monoisotopic (exact) mass is 416 g/mol. The molecule has 7 heteroatoms. The van der Waals surface area contributed by atoms with Crippen molar-refractivity contribution in [2.75, 3.05) is 7.11 Å². The molecule has 5 rings (SSSR count). The smallest absolute Gasteiger partial charge is 0.186 e. The second-order valence-electron chi connectivity index (χ2n) is 6.93. The van der Waals surface area contributed by atoms with E-state index in [1.165, 1.54) is 0 Å². The Bertz CT molecular complexity index is 1380. The van der Waals surface area contributed by atoms with Gasteiger partial charge in [-0.1, -0.05) is 54.1 Å². The topological polar surface area (TPSA) is 72.5 Å². The number of aromatic hydroxyl groups is 1. The van der Waals surface area contributed by atoms with Gasteiger partial charge in [-0.15, -0.1) is 10.2 Å². The molecular formula is C23H17ClN4O2. The minimum Gasteiger partial charge on any atom is -0.506 e. The van der Waals surface area contributed by atoms with Gasteiger partial charge >= 0.3 is 0 Å². The lowest BCUT2D eigenvalue weighted by Crippen LogP contribution is -1.98. The van der Waals surface area contributed by atoms with E-state index in [0.29, 0.717) is 34.0 Å². The van der Waals surface area contributed by atoms with Gasteiger partial charge in [-0.05, 0) is 41.0 Å². The Kier molecular flexibility index (Phi) is 4.58. The molecule has 148 valence electrons. The molecule has 2 heterocycles. The number of methoxy groups -OCH3 is 1. The summed E-state index contributed by atoms with van der Waals surface area (Å²) in [5.74, 6) is 0.0499. The average Bonchev–Trinajstić information content (AvgIpc) is 3.13. The largest absolute Gasteiger partial charge is 0.506 e. The fraction of sp³-hybridized carbons (Fsp3) is 0.0870. The predicted octanol–water partition coefficient (Wildman–Crippen LogP) is 5.12. The summed E-state index contributed by atoms with van der Waals surface area (Å²) in [5.41, 5.74) is 5.85. The molecule has 0 saturated heterocycles. The summed E-state index contributed by atoms with van der Waals surface area (Å²) in [6.45, 7) is 0.303. The lowest BCUT2D eigenvalue weighted by atomic mass is 10.0. The fourth-order valence-electron chi connectivity index (χ4n) is 3.65. The molecule has 30 heavy (non-hydrogen) atoms. The van der Waals surface area contributed by atoms with Crippen molar-refractivity contribution in [2.45, 2.75) is 6.61 Å². The molecule has 0 fully saturated rings. The highest BCUT2D eigenvalue weighted by Gasteiger charge is 2.20. The van der Waals surface area contributed by atoms with Crippen LogP contribution in [0.5, 0.6) is 5.75 Å². The molecule has 1 N–H and O–H groups in total. The van der Waals surface area contributed by atoms with Crippen LogP contribution in [0.3, 0.4) is 0 Å². The van der Waals surface area contributed by atoms with E-state index >= 15 is 0 Å². The Morgan fingerprint density at radius 2 is 1.73 bits per heavy atom. The number of hydrogen-bond donors (Lipinski definition) is 1. The highest BCUT2D eigenvalue weighted by molar-refractivity contribution is 6.30. The number of phenolic OH excluding ortho intramolecular Hbond substituents is 1. The van der Waals surface area contributed by atoms with Gasteiger partial charge in [0.15, 0.2) is 11.2 Å². The first-order chi connectivity index (χ1) is 14.7. The first kappa shape index (κ1) is 18.5. The van der Waals surface area contributed by atoms with Crippen LogP contribution >= 0.6 is 11.6 Å². The van der Waals surface area contributed by atoms with Crippen LogP contribution in [0, 0.1) is 0 Å². The summed E-state index contributed by atoms with van der Waals surface area (Å²) in [7, 11) is 1.62. The molecular weight excluding hydrogens is 400 g/mol. The van der Waals surface area contributed by atoms with E-state index in [1.54, 1.807) is 17.7 Å². The molecule has 0 spiro atoms. The first-order valence-electron chi connectivity index (χ1n) is 9.37. The SMILES string of the molecule is COCc1nn2c(nnc3c(O)cc(-c4ccccc4)cc32)c1-c1cccc(Cl)c1. The van der Waals surface area contributed by atoms with Crippen molar-refractivity contribution in [3.8, 4) is 28.0 Å². The van der Waals surface area contributed by atoms with Crippen molar-refractivity contribution in [1.29, 1.82) is 0 Å². The predicted molar refractivity (Wildman–Crippen MR) is 117 cm³/mol. The maximum atomic E-state index is 10.6. The highest BCUT2D eigenvalue weighted by Crippen LogP contribution is 2.34. The summed E-state index contributed by atoms with van der Waals surface area (Å²) < 4.78 is 7.08. The minimum atomic E-state index is 0.0499. The van der Waals surface area contributed by atoms with Crippen molar-refractivity contribution in [3.63, 3.8) is 0 Å². The number of phenols is 1. The molecule has 0 aliphatic rings. The normalized spacial score (nSPS) is 11.4. The Morgan fingerprint density at radius 1 is 0.933 bits per heavy atom. The van der Waals surface area contributed by atoms with Gasteiger partial charge in [0.05, 0.1) is 23.4 Å². The van der Waals surface area contributed by atoms with Crippen LogP contribution in [0.25, 0.3) is 38.9 Å². The molecule has 0 atom stereocenters. The van der Waals surface area contributed by atoms with Crippen LogP contribution in [0.4, 0.5) is 0 Å². The first-order valence-corrected chi connectivity index (χ1v) is 9.75. The van der Waals surface area contributed by atoms with Crippen LogP contribution in [-0.4, -0.2) is 32.0 Å². The van der Waals surface area contributed by atoms with Gasteiger partial charge in [0.2, 0.25) is 0 Å². The number of halogens is 1. The Labute approximate surface area is 177 Å². The Balaban J connectivity index is 1.83. The van der Waals surface area contributed by atoms with Crippen molar-refractivity contribution < 1.29 is 9.84 Å². The van der Waals surface area contributed by atoms with Crippen molar-refractivity contribution in [2.24, 2.45) is 0 Å². The molecule has 0 bridgehead atoms. The third kappa shape index (κ3) is 3.07. The standard InChI is InChI=1S/C23H17ClN4O2/c1-30-13-18-21(15-8-5-9-17(24)10-15)23-26-25-22-19(28(23)27-18)11-16(12-20(22)29)14-6-3-2-4-7-14/h2-12,29H,13H2,1H3. The second-order valence-corrected chi connectivity index (χ2v) is 7.37. The van der Waals surface area contributed by atoms with Crippen molar-refractivity contribution >= 4 is 28.3 Å². The van der Waals surface area contributed by atoms with Gasteiger partial charge in [0.25, 0.3) is 0 Å². The number of ether oxygens (including phenoxy) is 1. The van der Waals surface area contributed by atoms with E-state index < -0.39 is 0 Å². The summed E-state index contributed by atoms with van der Waals surface area (Å²) in [6, 6.07) is 21.0. The van der Waals surface area contributed by atoms with Gasteiger partial charge in [0, 0.05) is 12.1 Å². The summed E-state index contributed by atoms with van der Waals surface area (Å²) in [5, 5.41) is 24.7. The second kappa shape index (κ2) is 7.40. The molecule has 0 aliphatic carbocycles. The molecule has 2 aromatic heterocycles. The number of hydrogen-bond acceptors (Lipinski definition) is 5. The minimum absolute atomic E-state index is 0.0499. The molecule has 0 saturated carbocycles. The van der Waals surface area contributed by atoms with E-state index in [9.17, 15) is 5.11 Å². The van der Waals surface area contributed by atoms with E-state index in [0.717, 1.165) is 22.3 Å². The molecule has 0 amide bonds. The van der Waals surface area contributed by atoms with Crippen LogP contribution in [0.1, 0.15) is 5.69 Å². The number of rotatable bonds is 4. The molecule has 3 aromatic carbocycles. The van der Waals surface area contributed by atoms with Gasteiger partial charge in [-0.25, -0.2) is 4.52 Å². The number of nitrogens with zero attached hydrogens (tertiary/aromatic N) is 4. The van der Waals surface area contributed by atoms with Crippen molar-refractivity contribution in [1.82, 2.24) is 19.8 Å². The average molecular weight is 417 g/mol. The quantitative estimate of drug-likeness (QED) is 0.440. The maximum absolute atomic E-state index is 10.6. The zero-order chi connectivity index (χ0) is 20.7. The molecule has 5 aromatic rings. The van der Waals surface area contributed by atoms with E-state index in [2.05, 4.69) is 10.2 Å². The third-order valence-electron chi connectivity index (χ3n) is 4.98. The fourth-order valence-corrected chi connectivity index (χ4v) is 3.84. The van der Waals surface area contributed by atoms with E-state index in [4.69, 9.17) is 21.4 Å². The van der Waals surface area contributed by atoms with Gasteiger partial charge in [0.1, 0.15) is 5.75 Å². The van der Waals surface area contributed by atoms with Crippen LogP contribution < -0.4 is 0 Å². The molecule has 0 radical (unpaired) electrons. The Hall–Kier alpha value is -3.48. The summed E-state index contributed by atoms with van der Waals surface area (Å²) >= 11 is 6.22. The van der Waals surface area contributed by atoms with Crippen molar-refractivity contribution in [3.05, 3.63) is 77.4 Å².